The van der Waals surface area contributed by atoms with Crippen molar-refractivity contribution in [3.63, 3.8) is 0 Å². The van der Waals surface area contributed by atoms with Gasteiger partial charge in [0.15, 0.2) is 0 Å². The summed E-state index contributed by atoms with van der Waals surface area (Å²) in [7, 11) is 0. The van der Waals surface area contributed by atoms with Crippen LogP contribution in [-0.2, 0) is 6.42 Å². The summed E-state index contributed by atoms with van der Waals surface area (Å²) >= 11 is 0. The van der Waals surface area contributed by atoms with Crippen molar-refractivity contribution in [3.8, 4) is 5.75 Å². The Balaban J connectivity index is 2.38. The van der Waals surface area contributed by atoms with Gasteiger partial charge in [-0.05, 0) is 43.9 Å². The van der Waals surface area contributed by atoms with Crippen LogP contribution in [0, 0.1) is 0 Å². The number of ether oxygens (including phenoxy) is 1. The van der Waals surface area contributed by atoms with E-state index in [1.807, 2.05) is 38.1 Å². The highest BCUT2D eigenvalue weighted by atomic mass is 16.5. The average molecular weight is 252 g/mol. The molecule has 0 aliphatic heterocycles. The number of aliphatic hydroxyl groups is 2. The molecular formula is C15H24O3. The summed E-state index contributed by atoms with van der Waals surface area (Å²) < 4.78 is 5.37. The first-order valence-corrected chi connectivity index (χ1v) is 6.75. The Morgan fingerprint density at radius 2 is 1.61 bits per heavy atom. The van der Waals surface area contributed by atoms with Gasteiger partial charge in [-0.15, -0.1) is 0 Å². The summed E-state index contributed by atoms with van der Waals surface area (Å²) in [5, 5.41) is 19.4. The Morgan fingerprint density at radius 1 is 1.00 bits per heavy atom. The van der Waals surface area contributed by atoms with E-state index in [4.69, 9.17) is 4.74 Å². The summed E-state index contributed by atoms with van der Waals surface area (Å²) in [6.45, 7) is 4.63. The molecule has 0 radical (unpaired) electrons. The van der Waals surface area contributed by atoms with Gasteiger partial charge in [0.05, 0.1) is 18.8 Å². The van der Waals surface area contributed by atoms with Gasteiger partial charge in [0.2, 0.25) is 0 Å². The number of rotatable bonds is 8. The second kappa shape index (κ2) is 8.11. The van der Waals surface area contributed by atoms with Crippen LogP contribution in [0.4, 0.5) is 0 Å². The molecule has 0 saturated carbocycles. The van der Waals surface area contributed by atoms with Gasteiger partial charge in [0, 0.05) is 0 Å². The van der Waals surface area contributed by atoms with Crippen molar-refractivity contribution in [1.29, 1.82) is 0 Å². The first-order chi connectivity index (χ1) is 8.67. The summed E-state index contributed by atoms with van der Waals surface area (Å²) in [6.07, 6.45) is 1.68. The molecule has 0 spiro atoms. The molecule has 2 atom stereocenters. The van der Waals surface area contributed by atoms with E-state index in [2.05, 4.69) is 0 Å². The van der Waals surface area contributed by atoms with Crippen LogP contribution < -0.4 is 4.74 Å². The Kier molecular flexibility index (Phi) is 6.76. The van der Waals surface area contributed by atoms with E-state index in [-0.39, 0.29) is 0 Å². The van der Waals surface area contributed by atoms with Gasteiger partial charge in [-0.2, -0.15) is 0 Å². The smallest absolute Gasteiger partial charge is 0.119 e. The van der Waals surface area contributed by atoms with Gasteiger partial charge in [0.25, 0.3) is 0 Å². The second-order valence-corrected chi connectivity index (χ2v) is 4.54. The number of hydrogen-bond acceptors (Lipinski definition) is 3. The second-order valence-electron chi connectivity index (χ2n) is 4.54. The van der Waals surface area contributed by atoms with Crippen LogP contribution in [0.5, 0.6) is 5.75 Å². The summed E-state index contributed by atoms with van der Waals surface area (Å²) in [4.78, 5) is 0. The first-order valence-electron chi connectivity index (χ1n) is 6.75. The highest BCUT2D eigenvalue weighted by molar-refractivity contribution is 5.27. The number of aliphatic hydroxyl groups excluding tert-OH is 2. The lowest BCUT2D eigenvalue weighted by Gasteiger charge is -2.17. The molecule has 0 saturated heterocycles. The summed E-state index contributed by atoms with van der Waals surface area (Å²) in [6, 6.07) is 7.88. The van der Waals surface area contributed by atoms with Crippen molar-refractivity contribution in [2.75, 3.05) is 6.61 Å². The van der Waals surface area contributed by atoms with Crippen molar-refractivity contribution in [2.45, 2.75) is 51.7 Å². The Morgan fingerprint density at radius 3 is 2.17 bits per heavy atom. The fourth-order valence-electron chi connectivity index (χ4n) is 1.91. The van der Waals surface area contributed by atoms with E-state index in [9.17, 15) is 10.2 Å². The van der Waals surface area contributed by atoms with Crippen molar-refractivity contribution in [2.24, 2.45) is 0 Å². The van der Waals surface area contributed by atoms with Crippen molar-refractivity contribution in [1.82, 2.24) is 0 Å². The van der Waals surface area contributed by atoms with Crippen LogP contribution in [0.2, 0.25) is 0 Å². The van der Waals surface area contributed by atoms with E-state index in [0.717, 1.165) is 24.2 Å². The van der Waals surface area contributed by atoms with E-state index in [1.165, 1.54) is 0 Å². The maximum absolute atomic E-state index is 9.77. The highest BCUT2D eigenvalue weighted by Crippen LogP contribution is 2.15. The molecular weight excluding hydrogens is 228 g/mol. The molecule has 1 aromatic carbocycles. The van der Waals surface area contributed by atoms with E-state index in [0.29, 0.717) is 19.4 Å². The molecule has 0 aliphatic rings. The molecule has 18 heavy (non-hydrogen) atoms. The van der Waals surface area contributed by atoms with Crippen LogP contribution >= 0.6 is 0 Å². The third-order valence-corrected chi connectivity index (χ3v) is 2.99. The summed E-state index contributed by atoms with van der Waals surface area (Å²) in [5.74, 6) is 0.868. The van der Waals surface area contributed by atoms with Gasteiger partial charge in [-0.3, -0.25) is 0 Å². The predicted octanol–water partition coefficient (Wildman–Crippen LogP) is 2.54. The predicted molar refractivity (Wildman–Crippen MR) is 72.9 cm³/mol. The minimum atomic E-state index is -0.628. The molecule has 1 aromatic rings. The van der Waals surface area contributed by atoms with Crippen LogP contribution in [0.3, 0.4) is 0 Å². The fourth-order valence-corrected chi connectivity index (χ4v) is 1.91. The van der Waals surface area contributed by atoms with E-state index >= 15 is 0 Å². The van der Waals surface area contributed by atoms with Crippen LogP contribution in [0.1, 0.15) is 38.7 Å². The molecule has 102 valence electrons. The normalized spacial score (nSPS) is 14.2. The van der Waals surface area contributed by atoms with Crippen LogP contribution in [0.15, 0.2) is 24.3 Å². The topological polar surface area (TPSA) is 49.7 Å². The number of hydrogen-bond donors (Lipinski definition) is 2. The number of aryl methyl sites for hydroxylation is 1. The Labute approximate surface area is 109 Å². The molecule has 3 heteroatoms. The fraction of sp³-hybridized carbons (Fsp3) is 0.600. The van der Waals surface area contributed by atoms with Gasteiger partial charge in [-0.1, -0.05) is 25.5 Å². The standard InChI is InChI=1S/C15H24O3/c1-3-5-14(16)15(17)11-8-12-6-9-13(10-7-12)18-4-2/h6-7,9-10,14-17H,3-5,8,11H2,1-2H3. The lowest BCUT2D eigenvalue weighted by atomic mass is 10.0. The molecule has 0 amide bonds. The average Bonchev–Trinajstić information content (AvgIpc) is 2.38. The minimum absolute atomic E-state index is 0.592. The third kappa shape index (κ3) is 5.07. The molecule has 2 N–H and O–H groups in total. The highest BCUT2D eigenvalue weighted by Gasteiger charge is 2.14. The quantitative estimate of drug-likeness (QED) is 0.747. The maximum atomic E-state index is 9.77. The van der Waals surface area contributed by atoms with Gasteiger partial charge in [0.1, 0.15) is 5.75 Å². The lowest BCUT2D eigenvalue weighted by Crippen LogP contribution is -2.26. The van der Waals surface area contributed by atoms with Crippen molar-refractivity contribution >= 4 is 0 Å². The molecule has 0 heterocycles. The Hall–Kier alpha value is -1.06. The summed E-state index contributed by atoms with van der Waals surface area (Å²) in [5.41, 5.74) is 1.15. The molecule has 0 aromatic heterocycles. The molecule has 0 aliphatic carbocycles. The van der Waals surface area contributed by atoms with E-state index in [1.54, 1.807) is 0 Å². The first kappa shape index (κ1) is 15.0. The van der Waals surface area contributed by atoms with Crippen molar-refractivity contribution in [3.05, 3.63) is 29.8 Å². The lowest BCUT2D eigenvalue weighted by molar-refractivity contribution is 0.00980. The van der Waals surface area contributed by atoms with Gasteiger partial charge >= 0.3 is 0 Å². The number of benzene rings is 1. The third-order valence-electron chi connectivity index (χ3n) is 2.99. The zero-order chi connectivity index (χ0) is 13.4. The largest absolute Gasteiger partial charge is 0.494 e. The maximum Gasteiger partial charge on any atom is 0.119 e. The van der Waals surface area contributed by atoms with Crippen LogP contribution in [0.25, 0.3) is 0 Å². The van der Waals surface area contributed by atoms with Gasteiger partial charge in [-0.25, -0.2) is 0 Å². The van der Waals surface area contributed by atoms with Crippen molar-refractivity contribution < 1.29 is 14.9 Å². The zero-order valence-corrected chi connectivity index (χ0v) is 11.3. The molecule has 0 bridgehead atoms. The monoisotopic (exact) mass is 252 g/mol. The molecule has 1 rings (SSSR count). The van der Waals surface area contributed by atoms with Gasteiger partial charge < -0.3 is 14.9 Å². The van der Waals surface area contributed by atoms with E-state index < -0.39 is 12.2 Å². The minimum Gasteiger partial charge on any atom is -0.494 e. The molecule has 3 nitrogen and oxygen atoms in total. The molecule has 0 fully saturated rings. The van der Waals surface area contributed by atoms with Crippen LogP contribution in [-0.4, -0.2) is 29.0 Å². The SMILES string of the molecule is CCCC(O)C(O)CCc1ccc(OCC)cc1. The zero-order valence-electron chi connectivity index (χ0n) is 11.3. The Bertz CT molecular complexity index is 321. The molecule has 2 unspecified atom stereocenters.